The molecule has 5 unspecified atom stereocenters. The first-order valence-electron chi connectivity index (χ1n) is 16.9. The fourth-order valence-electron chi connectivity index (χ4n) is 6.50. The van der Waals surface area contributed by atoms with Crippen LogP contribution in [0.15, 0.2) is 115 Å². The van der Waals surface area contributed by atoms with Gasteiger partial charge in [0.15, 0.2) is 0 Å². The van der Waals surface area contributed by atoms with Gasteiger partial charge in [-0.15, -0.1) is 6.58 Å². The molecule has 3 aromatic carbocycles. The minimum Gasteiger partial charge on any atom is -0.497 e. The highest BCUT2D eigenvalue weighted by molar-refractivity contribution is 7.90. The molecular weight excluding hydrogens is 699 g/mol. The summed E-state index contributed by atoms with van der Waals surface area (Å²) in [6.45, 7) is 8.64. The number of carbonyl (C=O) groups is 4. The number of nitrogens with one attached hydrogen (secondary N) is 3. The molecule has 4 aromatic rings. The first-order chi connectivity index (χ1) is 25.4. The molecule has 1 aliphatic carbocycles. The van der Waals surface area contributed by atoms with E-state index in [1.807, 2.05) is 36.4 Å². The summed E-state index contributed by atoms with van der Waals surface area (Å²) in [6, 6.07) is 21.9. The molecule has 2 heterocycles. The number of benzene rings is 3. The first-order valence-corrected chi connectivity index (χ1v) is 18.4. The van der Waals surface area contributed by atoms with E-state index in [9.17, 15) is 27.6 Å². The minimum atomic E-state index is -4.26. The summed E-state index contributed by atoms with van der Waals surface area (Å²) < 4.78 is 40.2. The van der Waals surface area contributed by atoms with E-state index >= 15 is 0 Å². The smallest absolute Gasteiger partial charge is 0.264 e. The third-order valence-corrected chi connectivity index (χ3v) is 10.8. The molecule has 13 nitrogen and oxygen atoms in total. The number of ether oxygens (including phenoxy) is 2. The van der Waals surface area contributed by atoms with Gasteiger partial charge in [-0.2, -0.15) is 0 Å². The molecule has 0 radical (unpaired) electrons. The van der Waals surface area contributed by atoms with Crippen molar-refractivity contribution in [2.45, 2.75) is 48.4 Å². The van der Waals surface area contributed by atoms with Crippen molar-refractivity contribution in [1.29, 1.82) is 0 Å². The Labute approximate surface area is 307 Å². The van der Waals surface area contributed by atoms with Gasteiger partial charge in [0.25, 0.3) is 15.9 Å². The summed E-state index contributed by atoms with van der Waals surface area (Å²) in [6.07, 6.45) is 1.90. The van der Waals surface area contributed by atoms with E-state index in [1.54, 1.807) is 31.4 Å². The first kappa shape index (κ1) is 36.8. The Kier molecular flexibility index (Phi) is 10.3. The van der Waals surface area contributed by atoms with E-state index in [0.717, 1.165) is 11.6 Å². The molecule has 0 bridgehead atoms. The van der Waals surface area contributed by atoms with Crippen LogP contribution in [0.4, 0.5) is 0 Å². The zero-order valence-electron chi connectivity index (χ0n) is 29.2. The number of pyridine rings is 1. The molecule has 5 atom stereocenters. The summed E-state index contributed by atoms with van der Waals surface area (Å²) in [5.41, 5.74) is 0.449. The molecule has 1 aromatic heterocycles. The lowest BCUT2D eigenvalue weighted by Crippen LogP contribution is -2.57. The molecule has 53 heavy (non-hydrogen) atoms. The lowest BCUT2D eigenvalue weighted by molar-refractivity contribution is -0.141. The van der Waals surface area contributed by atoms with Gasteiger partial charge < -0.3 is 25.0 Å². The Morgan fingerprint density at radius 1 is 1.00 bits per heavy atom. The van der Waals surface area contributed by atoms with Crippen molar-refractivity contribution in [1.82, 2.24) is 25.2 Å². The maximum Gasteiger partial charge on any atom is 0.264 e. The summed E-state index contributed by atoms with van der Waals surface area (Å²) in [4.78, 5) is 59.8. The van der Waals surface area contributed by atoms with Crippen molar-refractivity contribution in [3.8, 4) is 22.8 Å². The quantitative estimate of drug-likeness (QED) is 0.137. The van der Waals surface area contributed by atoms with Crippen molar-refractivity contribution < 1.29 is 37.1 Å². The number of likely N-dealkylation sites (tertiary alicyclic amines) is 1. The highest BCUT2D eigenvalue weighted by atomic mass is 32.2. The van der Waals surface area contributed by atoms with Gasteiger partial charge in [0.05, 0.1) is 29.8 Å². The van der Waals surface area contributed by atoms with Crippen LogP contribution in [0.3, 0.4) is 0 Å². The van der Waals surface area contributed by atoms with Crippen LogP contribution in [0, 0.1) is 5.92 Å². The van der Waals surface area contributed by atoms with Crippen LogP contribution in [-0.4, -0.2) is 79.3 Å². The van der Waals surface area contributed by atoms with Crippen LogP contribution in [-0.2, 0) is 29.2 Å². The van der Waals surface area contributed by atoms with Crippen molar-refractivity contribution in [3.63, 3.8) is 0 Å². The molecule has 1 saturated carbocycles. The van der Waals surface area contributed by atoms with E-state index in [-0.39, 0.29) is 24.3 Å². The van der Waals surface area contributed by atoms with Crippen LogP contribution in [0.2, 0.25) is 0 Å². The summed E-state index contributed by atoms with van der Waals surface area (Å²) in [7, 11) is -2.70. The third-order valence-electron chi connectivity index (χ3n) is 9.44. The standard InChI is InChI=1S/C39H39N5O8S/c1-5-26-22-39(26,38(48)43-53(49,50)29-15-11-8-12-16-29)42-36(46)33-20-28(23-44(33)37(47)24(3)40-35(45)6-2)52-34-21-31(25-13-9-7-10-14-25)41-32-19-27(51-4)17-18-30(32)34/h5-19,21,24,26,28,33H,1-2,20,22-23H2,3-4H3,(H,40,45)(H,42,46)(H,43,48). The maximum absolute atomic E-state index is 14.2. The number of methoxy groups -OCH3 is 1. The summed E-state index contributed by atoms with van der Waals surface area (Å²) >= 11 is 0. The average Bonchev–Trinajstić information content (AvgIpc) is 3.73. The monoisotopic (exact) mass is 737 g/mol. The van der Waals surface area contributed by atoms with Gasteiger partial charge in [0.2, 0.25) is 17.7 Å². The van der Waals surface area contributed by atoms with Gasteiger partial charge in [0, 0.05) is 35.4 Å². The highest BCUT2D eigenvalue weighted by Gasteiger charge is 2.61. The number of amides is 4. The zero-order valence-corrected chi connectivity index (χ0v) is 30.0. The molecule has 0 spiro atoms. The summed E-state index contributed by atoms with van der Waals surface area (Å²) in [5, 5.41) is 5.97. The number of rotatable bonds is 13. The number of fused-ring (bicyclic) bond motifs is 1. The van der Waals surface area contributed by atoms with Crippen molar-refractivity contribution in [2.75, 3.05) is 13.7 Å². The second kappa shape index (κ2) is 14.9. The number of sulfonamides is 1. The normalized spacial score (nSPS) is 21.2. The Balaban J connectivity index is 1.30. The molecule has 4 amide bonds. The van der Waals surface area contributed by atoms with Gasteiger partial charge in [-0.1, -0.05) is 61.2 Å². The fourth-order valence-corrected chi connectivity index (χ4v) is 7.56. The number of hydrogen-bond donors (Lipinski definition) is 3. The van der Waals surface area contributed by atoms with Crippen LogP contribution in [0.5, 0.6) is 11.5 Å². The van der Waals surface area contributed by atoms with Gasteiger partial charge in [-0.05, 0) is 43.7 Å². The predicted molar refractivity (Wildman–Crippen MR) is 197 cm³/mol. The molecule has 274 valence electrons. The van der Waals surface area contributed by atoms with Crippen LogP contribution in [0.25, 0.3) is 22.2 Å². The Morgan fingerprint density at radius 3 is 2.34 bits per heavy atom. The van der Waals surface area contributed by atoms with E-state index in [4.69, 9.17) is 14.5 Å². The number of carbonyl (C=O) groups excluding carboxylic acids is 4. The van der Waals surface area contributed by atoms with Crippen molar-refractivity contribution >= 4 is 44.6 Å². The molecule has 6 rings (SSSR count). The van der Waals surface area contributed by atoms with E-state index in [0.29, 0.717) is 28.1 Å². The highest BCUT2D eigenvalue weighted by Crippen LogP contribution is 2.45. The number of hydrogen-bond acceptors (Lipinski definition) is 9. The number of aromatic nitrogens is 1. The van der Waals surface area contributed by atoms with E-state index in [1.165, 1.54) is 42.2 Å². The fraction of sp³-hybridized carbons (Fsp3) is 0.256. The average molecular weight is 738 g/mol. The second-order valence-corrected chi connectivity index (χ2v) is 14.6. The van der Waals surface area contributed by atoms with Crippen LogP contribution >= 0.6 is 0 Å². The Morgan fingerprint density at radius 2 is 1.70 bits per heavy atom. The van der Waals surface area contributed by atoms with Gasteiger partial charge in [-0.25, -0.2) is 18.1 Å². The number of nitrogens with zero attached hydrogens (tertiary/aromatic N) is 2. The molecule has 1 aliphatic heterocycles. The SMILES string of the molecule is C=CC(=O)NC(C)C(=O)N1CC(Oc2cc(-c3ccccc3)nc3cc(OC)ccc23)CC1C(=O)NC1(C(=O)NS(=O)(=O)c2ccccc2)CC1C=C. The zero-order chi connectivity index (χ0) is 37.9. The Bertz CT molecular complexity index is 2200. The maximum atomic E-state index is 14.2. The molecule has 2 fully saturated rings. The lowest BCUT2D eigenvalue weighted by Gasteiger charge is -2.28. The predicted octanol–water partition coefficient (Wildman–Crippen LogP) is 3.52. The van der Waals surface area contributed by atoms with Crippen molar-refractivity contribution in [2.24, 2.45) is 5.92 Å². The van der Waals surface area contributed by atoms with Crippen molar-refractivity contribution in [3.05, 3.63) is 110 Å². The minimum absolute atomic E-state index is 0.0130. The van der Waals surface area contributed by atoms with Gasteiger partial charge >= 0.3 is 0 Å². The van der Waals surface area contributed by atoms with Gasteiger partial charge in [-0.3, -0.25) is 19.2 Å². The van der Waals surface area contributed by atoms with Crippen LogP contribution < -0.4 is 24.8 Å². The molecule has 14 heteroatoms. The van der Waals surface area contributed by atoms with Crippen LogP contribution in [0.1, 0.15) is 19.8 Å². The Hall–Kier alpha value is -6.02. The molecule has 1 saturated heterocycles. The third kappa shape index (κ3) is 7.63. The van der Waals surface area contributed by atoms with E-state index < -0.39 is 63.3 Å². The van der Waals surface area contributed by atoms with E-state index in [2.05, 4.69) is 28.5 Å². The topological polar surface area (TPSA) is 173 Å². The molecular formula is C39H39N5O8S. The molecule has 3 N–H and O–H groups in total. The van der Waals surface area contributed by atoms with Gasteiger partial charge in [0.1, 0.15) is 35.2 Å². The largest absolute Gasteiger partial charge is 0.497 e. The summed E-state index contributed by atoms with van der Waals surface area (Å²) in [5.74, 6) is -2.29. The second-order valence-electron chi connectivity index (χ2n) is 12.9. The lowest BCUT2D eigenvalue weighted by atomic mass is 10.1. The molecule has 2 aliphatic rings.